The number of halogens is 1. The lowest BCUT2D eigenvalue weighted by molar-refractivity contribution is -0.136. The Morgan fingerprint density at radius 2 is 1.92 bits per heavy atom. The van der Waals surface area contributed by atoms with Gasteiger partial charge in [0, 0.05) is 17.2 Å². The summed E-state index contributed by atoms with van der Waals surface area (Å²) in [6.45, 7) is 1.84. The maximum Gasteiger partial charge on any atom is 0.313 e. The zero-order chi connectivity index (χ0) is 18.5. The Morgan fingerprint density at radius 3 is 2.65 bits per heavy atom. The van der Waals surface area contributed by atoms with Gasteiger partial charge in [-0.1, -0.05) is 35.5 Å². The van der Waals surface area contributed by atoms with Crippen molar-refractivity contribution in [3.8, 4) is 11.3 Å². The molecule has 0 bridgehead atoms. The molecule has 1 aromatic carbocycles. The second-order valence-electron chi connectivity index (χ2n) is 5.48. The molecule has 0 radical (unpaired) electrons. The van der Waals surface area contributed by atoms with E-state index in [4.69, 9.17) is 4.52 Å². The fourth-order valence-corrected chi connectivity index (χ4v) is 2.30. The van der Waals surface area contributed by atoms with Crippen molar-refractivity contribution < 1.29 is 18.5 Å². The van der Waals surface area contributed by atoms with Gasteiger partial charge in [-0.3, -0.25) is 14.6 Å². The Hall–Kier alpha value is -3.55. The van der Waals surface area contributed by atoms with Crippen molar-refractivity contribution in [2.24, 2.45) is 0 Å². The van der Waals surface area contributed by atoms with Crippen LogP contribution in [0.2, 0.25) is 0 Å². The lowest BCUT2D eigenvalue weighted by Crippen LogP contribution is -2.35. The Morgan fingerprint density at radius 1 is 1.15 bits per heavy atom. The van der Waals surface area contributed by atoms with Crippen LogP contribution in [0.4, 0.5) is 10.1 Å². The van der Waals surface area contributed by atoms with Crippen LogP contribution in [-0.2, 0) is 16.1 Å². The quantitative estimate of drug-likeness (QED) is 0.702. The summed E-state index contributed by atoms with van der Waals surface area (Å²) in [5, 5.41) is 8.66. The molecule has 0 aliphatic heterocycles. The van der Waals surface area contributed by atoms with Gasteiger partial charge in [0.05, 0.1) is 24.6 Å². The number of aromatic nitrogens is 2. The van der Waals surface area contributed by atoms with E-state index in [9.17, 15) is 14.0 Å². The smallest absolute Gasteiger partial charge is 0.313 e. The third-order valence-corrected chi connectivity index (χ3v) is 3.64. The second kappa shape index (κ2) is 7.56. The number of nitrogens with zero attached hydrogens (tertiary/aromatic N) is 2. The Labute approximate surface area is 148 Å². The number of pyridine rings is 1. The van der Waals surface area contributed by atoms with Crippen LogP contribution in [0.1, 0.15) is 11.3 Å². The minimum Gasteiger partial charge on any atom is -0.356 e. The normalized spacial score (nSPS) is 10.4. The molecule has 0 saturated carbocycles. The van der Waals surface area contributed by atoms with E-state index in [0.717, 1.165) is 23.4 Å². The molecule has 0 atom stereocenters. The van der Waals surface area contributed by atoms with Crippen LogP contribution >= 0.6 is 0 Å². The van der Waals surface area contributed by atoms with E-state index >= 15 is 0 Å². The summed E-state index contributed by atoms with van der Waals surface area (Å²) in [7, 11) is 0. The summed E-state index contributed by atoms with van der Waals surface area (Å²) in [5.74, 6) is -1.82. The number of rotatable bonds is 4. The standard InChI is InChI=1S/C18H15FN4O3/c1-11-15(23-26-16(11)12-5-3-2-4-6-12)10-21-17(24)18(25)22-14-7-13(19)8-20-9-14/h2-9H,10H2,1H3,(H,21,24)(H,22,25). The molecule has 2 N–H and O–H groups in total. The molecular weight excluding hydrogens is 339 g/mol. The van der Waals surface area contributed by atoms with Gasteiger partial charge in [0.2, 0.25) is 0 Å². The molecule has 0 saturated heterocycles. The highest BCUT2D eigenvalue weighted by molar-refractivity contribution is 6.39. The number of hydrogen-bond acceptors (Lipinski definition) is 5. The predicted octanol–water partition coefficient (Wildman–Crippen LogP) is 2.44. The second-order valence-corrected chi connectivity index (χ2v) is 5.48. The van der Waals surface area contributed by atoms with Crippen molar-refractivity contribution >= 4 is 17.5 Å². The van der Waals surface area contributed by atoms with Crippen molar-refractivity contribution in [2.75, 3.05) is 5.32 Å². The third kappa shape index (κ3) is 3.92. The Balaban J connectivity index is 1.61. The number of benzene rings is 1. The van der Waals surface area contributed by atoms with E-state index < -0.39 is 17.6 Å². The summed E-state index contributed by atoms with van der Waals surface area (Å²) >= 11 is 0. The highest BCUT2D eigenvalue weighted by Gasteiger charge is 2.17. The van der Waals surface area contributed by atoms with Crippen molar-refractivity contribution in [1.82, 2.24) is 15.5 Å². The first-order valence-corrected chi connectivity index (χ1v) is 7.75. The lowest BCUT2D eigenvalue weighted by atomic mass is 10.1. The molecule has 7 nitrogen and oxygen atoms in total. The maximum absolute atomic E-state index is 13.0. The first-order valence-electron chi connectivity index (χ1n) is 7.75. The predicted molar refractivity (Wildman–Crippen MR) is 91.3 cm³/mol. The van der Waals surface area contributed by atoms with E-state index in [1.807, 2.05) is 37.3 Å². The minimum atomic E-state index is -0.929. The highest BCUT2D eigenvalue weighted by atomic mass is 19.1. The van der Waals surface area contributed by atoms with Crippen molar-refractivity contribution in [1.29, 1.82) is 0 Å². The van der Waals surface area contributed by atoms with Gasteiger partial charge in [0.1, 0.15) is 11.5 Å². The van der Waals surface area contributed by atoms with Gasteiger partial charge in [0.15, 0.2) is 5.76 Å². The van der Waals surface area contributed by atoms with Crippen LogP contribution in [0.15, 0.2) is 53.3 Å². The highest BCUT2D eigenvalue weighted by Crippen LogP contribution is 2.25. The van der Waals surface area contributed by atoms with Gasteiger partial charge in [-0.25, -0.2) is 4.39 Å². The van der Waals surface area contributed by atoms with E-state index in [1.165, 1.54) is 6.20 Å². The molecule has 8 heteroatoms. The van der Waals surface area contributed by atoms with E-state index in [2.05, 4.69) is 20.8 Å². The topological polar surface area (TPSA) is 97.1 Å². The molecule has 132 valence electrons. The molecule has 26 heavy (non-hydrogen) atoms. The van der Waals surface area contributed by atoms with Gasteiger partial charge < -0.3 is 15.2 Å². The van der Waals surface area contributed by atoms with E-state index in [1.54, 1.807) is 0 Å². The summed E-state index contributed by atoms with van der Waals surface area (Å²) in [6.07, 6.45) is 2.23. The third-order valence-electron chi connectivity index (χ3n) is 3.64. The van der Waals surface area contributed by atoms with Crippen molar-refractivity contribution in [3.05, 3.63) is 65.9 Å². The average molecular weight is 354 g/mol. The summed E-state index contributed by atoms with van der Waals surface area (Å²) in [6, 6.07) is 10.5. The van der Waals surface area contributed by atoms with Crippen LogP contribution < -0.4 is 10.6 Å². The van der Waals surface area contributed by atoms with E-state index in [-0.39, 0.29) is 12.2 Å². The molecule has 3 aromatic rings. The minimum absolute atomic E-state index is 0.0236. The first-order chi connectivity index (χ1) is 12.5. The number of carbonyl (C=O) groups excluding carboxylic acids is 2. The lowest BCUT2D eigenvalue weighted by Gasteiger charge is -2.05. The Kier molecular flexibility index (Phi) is 5.02. The van der Waals surface area contributed by atoms with Crippen molar-refractivity contribution in [3.63, 3.8) is 0 Å². The molecule has 0 spiro atoms. The molecule has 0 fully saturated rings. The molecule has 0 aliphatic carbocycles. The first kappa shape index (κ1) is 17.3. The Bertz CT molecular complexity index is 941. The maximum atomic E-state index is 13.0. The molecule has 2 heterocycles. The fraction of sp³-hybridized carbons (Fsp3) is 0.111. The van der Waals surface area contributed by atoms with Crippen LogP contribution in [0.25, 0.3) is 11.3 Å². The van der Waals surface area contributed by atoms with E-state index in [0.29, 0.717) is 11.5 Å². The fourth-order valence-electron chi connectivity index (χ4n) is 2.30. The van der Waals surface area contributed by atoms with Crippen LogP contribution in [0.3, 0.4) is 0 Å². The van der Waals surface area contributed by atoms with Crippen LogP contribution in [-0.4, -0.2) is 22.0 Å². The van der Waals surface area contributed by atoms with Gasteiger partial charge in [-0.2, -0.15) is 0 Å². The number of amides is 2. The summed E-state index contributed by atoms with van der Waals surface area (Å²) < 4.78 is 18.4. The number of hydrogen-bond donors (Lipinski definition) is 2. The van der Waals surface area contributed by atoms with Gasteiger partial charge in [-0.15, -0.1) is 0 Å². The number of nitrogens with one attached hydrogen (secondary N) is 2. The largest absolute Gasteiger partial charge is 0.356 e. The monoisotopic (exact) mass is 354 g/mol. The molecule has 3 rings (SSSR count). The van der Waals surface area contributed by atoms with Gasteiger partial charge in [0.25, 0.3) is 0 Å². The average Bonchev–Trinajstić information content (AvgIpc) is 3.01. The molecular formula is C18H15FN4O3. The van der Waals surface area contributed by atoms with Crippen LogP contribution in [0.5, 0.6) is 0 Å². The molecule has 0 aliphatic rings. The van der Waals surface area contributed by atoms with Crippen LogP contribution in [0, 0.1) is 12.7 Å². The number of anilines is 1. The summed E-state index contributed by atoms with van der Waals surface area (Å²) in [5.41, 5.74) is 2.24. The molecule has 2 aromatic heterocycles. The van der Waals surface area contributed by atoms with Crippen molar-refractivity contribution in [2.45, 2.75) is 13.5 Å². The summed E-state index contributed by atoms with van der Waals surface area (Å²) in [4.78, 5) is 27.3. The molecule has 0 unspecified atom stereocenters. The SMILES string of the molecule is Cc1c(CNC(=O)C(=O)Nc2cncc(F)c2)noc1-c1ccccc1. The zero-order valence-corrected chi connectivity index (χ0v) is 13.8. The zero-order valence-electron chi connectivity index (χ0n) is 13.8. The number of carbonyl (C=O) groups is 2. The molecule has 2 amide bonds. The van der Waals surface area contributed by atoms with Gasteiger partial charge in [-0.05, 0) is 6.92 Å². The van der Waals surface area contributed by atoms with Gasteiger partial charge >= 0.3 is 11.8 Å².